The number of nitrogens with one attached hydrogen (secondary N) is 1. The predicted octanol–water partition coefficient (Wildman–Crippen LogP) is 2.11. The Kier molecular flexibility index (Phi) is 4.50. The first-order valence-electron chi connectivity index (χ1n) is 8.25. The summed E-state index contributed by atoms with van der Waals surface area (Å²) in [4.78, 5) is 14.7. The number of amides is 1. The molecule has 22 heavy (non-hydrogen) atoms. The molecule has 1 amide bonds. The maximum atomic E-state index is 12.3. The first-order chi connectivity index (χ1) is 10.5. The van der Waals surface area contributed by atoms with Crippen molar-refractivity contribution in [3.8, 4) is 0 Å². The number of nitrogens with zero attached hydrogens (tertiary/aromatic N) is 1. The van der Waals surface area contributed by atoms with Crippen LogP contribution < -0.4 is 5.32 Å². The Morgan fingerprint density at radius 3 is 2.73 bits per heavy atom. The minimum atomic E-state index is 0.00965. The molecule has 3 atom stereocenters. The third kappa shape index (κ3) is 3.50. The number of morpholine rings is 1. The number of carbonyl (C=O) groups excluding carboxylic acids is 1. The van der Waals surface area contributed by atoms with Crippen LogP contribution in [-0.4, -0.2) is 42.1 Å². The molecule has 1 N–H and O–H groups in total. The van der Waals surface area contributed by atoms with Gasteiger partial charge in [0.05, 0.1) is 18.1 Å². The topological polar surface area (TPSA) is 41.6 Å². The fraction of sp³-hybridized carbons (Fsp3) is 0.611. The van der Waals surface area contributed by atoms with Crippen molar-refractivity contribution >= 4 is 5.91 Å². The van der Waals surface area contributed by atoms with E-state index >= 15 is 0 Å². The molecule has 4 heteroatoms. The molecule has 0 saturated carbocycles. The molecule has 3 rings (SSSR count). The Hall–Kier alpha value is -1.39. The van der Waals surface area contributed by atoms with Crippen molar-refractivity contribution < 1.29 is 9.53 Å². The van der Waals surface area contributed by atoms with Gasteiger partial charge in [0.2, 0.25) is 5.91 Å². The number of likely N-dealkylation sites (tertiary alicyclic amines) is 1. The quantitative estimate of drug-likeness (QED) is 0.926. The molecule has 1 aromatic rings. The molecular weight excluding hydrogens is 276 g/mol. The highest BCUT2D eigenvalue weighted by Crippen LogP contribution is 2.32. The second-order valence-corrected chi connectivity index (χ2v) is 6.98. The van der Waals surface area contributed by atoms with E-state index < -0.39 is 0 Å². The lowest BCUT2D eigenvalue weighted by Crippen LogP contribution is -2.45. The summed E-state index contributed by atoms with van der Waals surface area (Å²) >= 11 is 0. The van der Waals surface area contributed by atoms with Gasteiger partial charge >= 0.3 is 0 Å². The zero-order valence-corrected chi connectivity index (χ0v) is 13.7. The lowest BCUT2D eigenvalue weighted by Gasteiger charge is -2.32. The second kappa shape index (κ2) is 6.39. The molecule has 0 unspecified atom stereocenters. The molecule has 4 nitrogen and oxygen atoms in total. The summed E-state index contributed by atoms with van der Waals surface area (Å²) in [5.74, 6) is 0.162. The lowest BCUT2D eigenvalue weighted by molar-refractivity contribution is -0.128. The lowest BCUT2D eigenvalue weighted by atomic mass is 9.99. The van der Waals surface area contributed by atoms with Gasteiger partial charge in [-0.2, -0.15) is 0 Å². The molecule has 2 heterocycles. The van der Waals surface area contributed by atoms with Gasteiger partial charge in [0.1, 0.15) is 0 Å². The first kappa shape index (κ1) is 15.5. The highest BCUT2D eigenvalue weighted by molar-refractivity contribution is 5.80. The van der Waals surface area contributed by atoms with Crippen LogP contribution in [-0.2, 0) is 16.1 Å². The van der Waals surface area contributed by atoms with Crippen LogP contribution >= 0.6 is 0 Å². The van der Waals surface area contributed by atoms with Crippen molar-refractivity contribution in [2.45, 2.75) is 52.0 Å². The number of hydrogen-bond acceptors (Lipinski definition) is 3. The zero-order valence-electron chi connectivity index (χ0n) is 13.7. The number of fused-ring (bicyclic) bond motifs is 2. The van der Waals surface area contributed by atoms with Gasteiger partial charge in [0.15, 0.2) is 0 Å². The molecule has 1 aromatic carbocycles. The Morgan fingerprint density at radius 1 is 1.32 bits per heavy atom. The van der Waals surface area contributed by atoms with E-state index in [1.165, 1.54) is 11.1 Å². The molecule has 2 aliphatic rings. The van der Waals surface area contributed by atoms with Crippen LogP contribution in [0.2, 0.25) is 0 Å². The van der Waals surface area contributed by atoms with Crippen LogP contribution in [0.1, 0.15) is 31.4 Å². The molecule has 2 bridgehead atoms. The summed E-state index contributed by atoms with van der Waals surface area (Å²) in [5, 5.41) is 3.03. The third-order valence-corrected chi connectivity index (χ3v) is 4.53. The summed E-state index contributed by atoms with van der Waals surface area (Å²) in [5.41, 5.74) is 2.62. The fourth-order valence-corrected chi connectivity index (χ4v) is 3.49. The van der Waals surface area contributed by atoms with E-state index in [1.54, 1.807) is 0 Å². The number of carbonyl (C=O) groups is 1. The Labute approximate surface area is 132 Å². The number of benzene rings is 1. The van der Waals surface area contributed by atoms with E-state index in [2.05, 4.69) is 41.4 Å². The van der Waals surface area contributed by atoms with Crippen LogP contribution in [0.15, 0.2) is 24.3 Å². The zero-order chi connectivity index (χ0) is 15.7. The number of hydrogen-bond donors (Lipinski definition) is 1. The van der Waals surface area contributed by atoms with Crippen molar-refractivity contribution in [1.29, 1.82) is 0 Å². The van der Waals surface area contributed by atoms with E-state index in [-0.39, 0.29) is 30.1 Å². The van der Waals surface area contributed by atoms with Crippen molar-refractivity contribution in [3.05, 3.63) is 35.4 Å². The minimum Gasteiger partial charge on any atom is -0.371 e. The van der Waals surface area contributed by atoms with Gasteiger partial charge in [-0.1, -0.05) is 29.8 Å². The maximum absolute atomic E-state index is 12.3. The summed E-state index contributed by atoms with van der Waals surface area (Å²) in [6, 6.07) is 8.88. The van der Waals surface area contributed by atoms with Gasteiger partial charge < -0.3 is 10.1 Å². The van der Waals surface area contributed by atoms with Gasteiger partial charge in [-0.15, -0.1) is 0 Å². The smallest absolute Gasteiger partial charge is 0.226 e. The summed E-state index contributed by atoms with van der Waals surface area (Å²) < 4.78 is 6.00. The molecular formula is C18H26N2O2. The largest absolute Gasteiger partial charge is 0.371 e. The number of rotatable bonds is 4. The number of ether oxygens (including phenoxy) is 1. The van der Waals surface area contributed by atoms with Gasteiger partial charge in [0, 0.05) is 25.7 Å². The van der Waals surface area contributed by atoms with Crippen molar-refractivity contribution in [1.82, 2.24) is 10.2 Å². The molecule has 2 saturated heterocycles. The van der Waals surface area contributed by atoms with Crippen LogP contribution in [0.4, 0.5) is 0 Å². The van der Waals surface area contributed by atoms with E-state index in [4.69, 9.17) is 4.74 Å². The van der Waals surface area contributed by atoms with E-state index in [1.807, 2.05) is 13.8 Å². The van der Waals surface area contributed by atoms with E-state index in [0.717, 1.165) is 26.1 Å². The second-order valence-electron chi connectivity index (χ2n) is 6.98. The minimum absolute atomic E-state index is 0.00965. The van der Waals surface area contributed by atoms with Crippen LogP contribution in [0.3, 0.4) is 0 Å². The summed E-state index contributed by atoms with van der Waals surface area (Å²) in [7, 11) is 0. The Bertz CT molecular complexity index is 526. The maximum Gasteiger partial charge on any atom is 0.226 e. The predicted molar refractivity (Wildman–Crippen MR) is 86.5 cm³/mol. The molecule has 0 radical (unpaired) electrons. The van der Waals surface area contributed by atoms with Crippen molar-refractivity contribution in [2.75, 3.05) is 13.1 Å². The molecule has 120 valence electrons. The fourth-order valence-electron chi connectivity index (χ4n) is 3.49. The summed E-state index contributed by atoms with van der Waals surface area (Å²) in [6.07, 6.45) is 1.10. The Morgan fingerprint density at radius 2 is 2.05 bits per heavy atom. The standard InChI is InChI=1S/C18H26N2O2/c1-12(2)19-18(21)16-8-15-10-20(11-17(16)22-15)9-14-6-4-13(3)5-7-14/h4-7,12,15-17H,8-11H2,1-3H3,(H,19,21)/t15-,16+,17-/m1/s1. The summed E-state index contributed by atoms with van der Waals surface area (Å²) in [6.45, 7) is 8.83. The third-order valence-electron chi connectivity index (χ3n) is 4.53. The molecule has 0 aromatic heterocycles. The average Bonchev–Trinajstić information content (AvgIpc) is 2.76. The molecule has 0 spiro atoms. The van der Waals surface area contributed by atoms with Crippen molar-refractivity contribution in [3.63, 3.8) is 0 Å². The number of aryl methyl sites for hydroxylation is 1. The first-order valence-corrected chi connectivity index (χ1v) is 8.25. The van der Waals surface area contributed by atoms with Gasteiger partial charge in [0.25, 0.3) is 0 Å². The van der Waals surface area contributed by atoms with E-state index in [0.29, 0.717) is 0 Å². The monoisotopic (exact) mass is 302 g/mol. The van der Waals surface area contributed by atoms with Crippen LogP contribution in [0.25, 0.3) is 0 Å². The van der Waals surface area contributed by atoms with Crippen LogP contribution in [0.5, 0.6) is 0 Å². The normalized spacial score (nSPS) is 28.1. The molecule has 2 aliphatic heterocycles. The Balaban J connectivity index is 1.60. The highest BCUT2D eigenvalue weighted by atomic mass is 16.5. The molecule has 2 fully saturated rings. The van der Waals surface area contributed by atoms with Gasteiger partial charge in [-0.25, -0.2) is 0 Å². The average molecular weight is 302 g/mol. The highest BCUT2D eigenvalue weighted by Gasteiger charge is 2.44. The van der Waals surface area contributed by atoms with Crippen molar-refractivity contribution in [2.24, 2.45) is 5.92 Å². The van der Waals surface area contributed by atoms with Gasteiger partial charge in [-0.3, -0.25) is 9.69 Å². The molecule has 0 aliphatic carbocycles. The van der Waals surface area contributed by atoms with E-state index in [9.17, 15) is 4.79 Å². The van der Waals surface area contributed by atoms with Gasteiger partial charge in [-0.05, 0) is 32.8 Å². The SMILES string of the molecule is Cc1ccc(CN2C[C@H]3C[C@H](C(=O)NC(C)C)[C@@H](C2)O3)cc1. The van der Waals surface area contributed by atoms with Crippen LogP contribution in [0, 0.1) is 12.8 Å².